The average Bonchev–Trinajstić information content (AvgIpc) is 2.65. The summed E-state index contributed by atoms with van der Waals surface area (Å²) in [5.41, 5.74) is 1.36. The predicted octanol–water partition coefficient (Wildman–Crippen LogP) is 2.91. The highest BCUT2D eigenvalue weighted by molar-refractivity contribution is 6.07. The Hall–Kier alpha value is -3.41. The van der Waals surface area contributed by atoms with Gasteiger partial charge in [0.25, 0.3) is 0 Å². The number of esters is 2. The summed E-state index contributed by atoms with van der Waals surface area (Å²) in [6.07, 6.45) is 2.97. The Morgan fingerprint density at radius 1 is 0.920 bits per heavy atom. The standard InChI is InChI=1S/C19H17NO5/c1-24-18(22)14-9-10-15(19(23)25-2)16(12-14)20-17(21)11-8-13-6-4-3-5-7-13/h3-12H,1-2H3,(H,20,21)/b11-8+. The Balaban J connectivity index is 2.26. The minimum absolute atomic E-state index is 0.136. The minimum atomic E-state index is -0.626. The van der Waals surface area contributed by atoms with Gasteiger partial charge >= 0.3 is 11.9 Å². The molecule has 0 unspecified atom stereocenters. The van der Waals surface area contributed by atoms with E-state index in [0.29, 0.717) is 0 Å². The van der Waals surface area contributed by atoms with Gasteiger partial charge in [0, 0.05) is 6.08 Å². The van der Waals surface area contributed by atoms with Crippen LogP contribution in [0.1, 0.15) is 26.3 Å². The molecule has 0 aromatic heterocycles. The molecule has 1 amide bonds. The van der Waals surface area contributed by atoms with Crippen LogP contribution in [-0.4, -0.2) is 32.1 Å². The fourth-order valence-electron chi connectivity index (χ4n) is 2.09. The maximum Gasteiger partial charge on any atom is 0.339 e. The zero-order chi connectivity index (χ0) is 18.2. The van der Waals surface area contributed by atoms with Crippen LogP contribution in [-0.2, 0) is 14.3 Å². The van der Waals surface area contributed by atoms with Crippen molar-refractivity contribution >= 4 is 29.6 Å². The van der Waals surface area contributed by atoms with E-state index in [1.165, 1.54) is 38.5 Å². The first-order chi connectivity index (χ1) is 12.0. The second-order valence-corrected chi connectivity index (χ2v) is 4.98. The molecule has 0 aliphatic rings. The molecule has 25 heavy (non-hydrogen) atoms. The van der Waals surface area contributed by atoms with E-state index >= 15 is 0 Å². The smallest absolute Gasteiger partial charge is 0.339 e. The van der Waals surface area contributed by atoms with Gasteiger partial charge in [-0.3, -0.25) is 4.79 Å². The van der Waals surface area contributed by atoms with E-state index in [1.807, 2.05) is 30.3 Å². The molecule has 6 heteroatoms. The van der Waals surface area contributed by atoms with Gasteiger partial charge in [0.15, 0.2) is 0 Å². The average molecular weight is 339 g/mol. The number of hydrogen-bond acceptors (Lipinski definition) is 5. The summed E-state index contributed by atoms with van der Waals surface area (Å²) in [6, 6.07) is 13.5. The lowest BCUT2D eigenvalue weighted by Crippen LogP contribution is -2.14. The fourth-order valence-corrected chi connectivity index (χ4v) is 2.09. The summed E-state index contributed by atoms with van der Waals surface area (Å²) in [4.78, 5) is 35.6. The molecule has 0 fully saturated rings. The van der Waals surface area contributed by atoms with Crippen molar-refractivity contribution in [1.29, 1.82) is 0 Å². The summed E-state index contributed by atoms with van der Waals surface area (Å²) < 4.78 is 9.34. The first-order valence-corrected chi connectivity index (χ1v) is 7.40. The van der Waals surface area contributed by atoms with Gasteiger partial charge in [-0.2, -0.15) is 0 Å². The largest absolute Gasteiger partial charge is 0.465 e. The first-order valence-electron chi connectivity index (χ1n) is 7.40. The van der Waals surface area contributed by atoms with Gasteiger partial charge in [0.2, 0.25) is 5.91 Å². The van der Waals surface area contributed by atoms with Gasteiger partial charge < -0.3 is 14.8 Å². The first kappa shape index (κ1) is 17.9. The Morgan fingerprint density at radius 3 is 2.24 bits per heavy atom. The van der Waals surface area contributed by atoms with Gasteiger partial charge in [-0.15, -0.1) is 0 Å². The van der Waals surface area contributed by atoms with E-state index in [9.17, 15) is 14.4 Å². The highest BCUT2D eigenvalue weighted by Crippen LogP contribution is 2.20. The lowest BCUT2D eigenvalue weighted by atomic mass is 10.1. The third kappa shape index (κ3) is 4.78. The molecule has 0 atom stereocenters. The van der Waals surface area contributed by atoms with E-state index < -0.39 is 17.8 Å². The van der Waals surface area contributed by atoms with Crippen LogP contribution >= 0.6 is 0 Å². The van der Waals surface area contributed by atoms with Crippen molar-refractivity contribution in [3.8, 4) is 0 Å². The van der Waals surface area contributed by atoms with E-state index in [-0.39, 0.29) is 16.8 Å². The third-order valence-corrected chi connectivity index (χ3v) is 3.33. The number of ether oxygens (including phenoxy) is 2. The molecule has 0 heterocycles. The van der Waals surface area contributed by atoms with Crippen molar-refractivity contribution in [1.82, 2.24) is 0 Å². The molecule has 0 saturated heterocycles. The van der Waals surface area contributed by atoms with E-state index in [0.717, 1.165) is 5.56 Å². The summed E-state index contributed by atoms with van der Waals surface area (Å²) in [7, 11) is 2.48. The Morgan fingerprint density at radius 2 is 1.60 bits per heavy atom. The molecule has 0 bridgehead atoms. The number of rotatable bonds is 5. The lowest BCUT2D eigenvalue weighted by Gasteiger charge is -2.10. The molecule has 1 N–H and O–H groups in total. The van der Waals surface area contributed by atoms with Crippen molar-refractivity contribution in [2.75, 3.05) is 19.5 Å². The van der Waals surface area contributed by atoms with Crippen molar-refractivity contribution in [3.63, 3.8) is 0 Å². The molecule has 0 radical (unpaired) electrons. The molecule has 6 nitrogen and oxygen atoms in total. The van der Waals surface area contributed by atoms with E-state index in [4.69, 9.17) is 4.74 Å². The van der Waals surface area contributed by atoms with Crippen LogP contribution < -0.4 is 5.32 Å². The monoisotopic (exact) mass is 339 g/mol. The minimum Gasteiger partial charge on any atom is -0.465 e. The fraction of sp³-hybridized carbons (Fsp3) is 0.105. The molecule has 0 spiro atoms. The second kappa shape index (κ2) is 8.44. The molecule has 2 rings (SSSR count). The molecule has 128 valence electrons. The highest BCUT2D eigenvalue weighted by Gasteiger charge is 2.16. The van der Waals surface area contributed by atoms with Crippen LogP contribution in [0.25, 0.3) is 6.08 Å². The van der Waals surface area contributed by atoms with Crippen molar-refractivity contribution in [2.24, 2.45) is 0 Å². The van der Waals surface area contributed by atoms with Crippen molar-refractivity contribution in [3.05, 3.63) is 71.3 Å². The Kier molecular flexibility index (Phi) is 6.06. The van der Waals surface area contributed by atoms with Crippen LogP contribution in [0, 0.1) is 0 Å². The normalized spacial score (nSPS) is 10.3. The Labute approximate surface area is 145 Å². The number of benzene rings is 2. The molecular weight excluding hydrogens is 322 g/mol. The summed E-state index contributed by atoms with van der Waals surface area (Å²) in [5.74, 6) is -1.65. The van der Waals surface area contributed by atoms with E-state index in [2.05, 4.69) is 10.1 Å². The van der Waals surface area contributed by atoms with E-state index in [1.54, 1.807) is 6.08 Å². The van der Waals surface area contributed by atoms with Crippen LogP contribution in [0.2, 0.25) is 0 Å². The zero-order valence-electron chi connectivity index (χ0n) is 13.8. The van der Waals surface area contributed by atoms with Crippen molar-refractivity contribution in [2.45, 2.75) is 0 Å². The van der Waals surface area contributed by atoms with Gasteiger partial charge in [0.1, 0.15) is 0 Å². The summed E-state index contributed by atoms with van der Waals surface area (Å²) >= 11 is 0. The highest BCUT2D eigenvalue weighted by atomic mass is 16.5. The van der Waals surface area contributed by atoms with Gasteiger partial charge in [-0.1, -0.05) is 30.3 Å². The number of carbonyl (C=O) groups is 3. The number of methoxy groups -OCH3 is 2. The molecule has 0 aliphatic carbocycles. The summed E-state index contributed by atoms with van der Waals surface area (Å²) in [5, 5.41) is 2.58. The molecule has 2 aromatic carbocycles. The molecule has 2 aromatic rings. The van der Waals surface area contributed by atoms with Crippen molar-refractivity contribution < 1.29 is 23.9 Å². The van der Waals surface area contributed by atoms with Crippen LogP contribution in [0.4, 0.5) is 5.69 Å². The molecule has 0 saturated carbocycles. The second-order valence-electron chi connectivity index (χ2n) is 4.98. The number of nitrogens with one attached hydrogen (secondary N) is 1. The maximum absolute atomic E-state index is 12.1. The third-order valence-electron chi connectivity index (χ3n) is 3.33. The van der Waals surface area contributed by atoms with Crippen LogP contribution in [0.5, 0.6) is 0 Å². The lowest BCUT2D eigenvalue weighted by molar-refractivity contribution is -0.111. The Bertz CT molecular complexity index is 812. The number of carbonyl (C=O) groups excluding carboxylic acids is 3. The van der Waals surface area contributed by atoms with Gasteiger partial charge in [0.05, 0.1) is 31.0 Å². The molecular formula is C19H17NO5. The van der Waals surface area contributed by atoms with Crippen LogP contribution in [0.15, 0.2) is 54.6 Å². The zero-order valence-corrected chi connectivity index (χ0v) is 13.8. The van der Waals surface area contributed by atoms with Gasteiger partial charge in [-0.05, 0) is 29.8 Å². The topological polar surface area (TPSA) is 81.7 Å². The van der Waals surface area contributed by atoms with Gasteiger partial charge in [-0.25, -0.2) is 9.59 Å². The maximum atomic E-state index is 12.1. The quantitative estimate of drug-likeness (QED) is 0.669. The number of amides is 1. The summed E-state index contributed by atoms with van der Waals surface area (Å²) in [6.45, 7) is 0. The predicted molar refractivity (Wildman–Crippen MR) is 93.2 cm³/mol. The molecule has 0 aliphatic heterocycles. The number of anilines is 1. The number of hydrogen-bond donors (Lipinski definition) is 1. The SMILES string of the molecule is COC(=O)c1ccc(C(=O)OC)c(NC(=O)/C=C/c2ccccc2)c1. The van der Waals surface area contributed by atoms with Crippen LogP contribution in [0.3, 0.4) is 0 Å².